The Kier molecular flexibility index (Phi) is 5.95. The summed E-state index contributed by atoms with van der Waals surface area (Å²) in [6.45, 7) is 4.22. The Morgan fingerprint density at radius 3 is 2.46 bits per heavy atom. The number of nitrogens with zero attached hydrogens (tertiary/aromatic N) is 1. The van der Waals surface area contributed by atoms with Gasteiger partial charge in [0.2, 0.25) is 0 Å². The van der Waals surface area contributed by atoms with Crippen LogP contribution in [0.1, 0.15) is 24.1 Å². The van der Waals surface area contributed by atoms with Crippen LogP contribution in [0.15, 0.2) is 60.7 Å². The van der Waals surface area contributed by atoms with Crippen LogP contribution in [0, 0.1) is 0 Å². The fraction of sp³-hybridized carbons (Fsp3) is 0.400. The van der Waals surface area contributed by atoms with E-state index in [1.165, 1.54) is 11.1 Å². The Hall–Kier alpha value is -1.33. The quantitative estimate of drug-likeness (QED) is 0.809. The second-order valence-electron chi connectivity index (χ2n) is 6.64. The molecule has 4 heteroatoms. The van der Waals surface area contributed by atoms with Crippen molar-refractivity contribution in [2.75, 3.05) is 25.6 Å². The Morgan fingerprint density at radius 2 is 1.79 bits per heavy atom. The molecule has 1 aliphatic rings. The minimum atomic E-state index is 0.0443. The SMILES string of the molecule is C[C@]1(CSCc2ccccc2)CNCN1[C@@H](CO)c1ccccc1. The average Bonchev–Trinajstić information content (AvgIpc) is 2.99. The molecule has 0 saturated carbocycles. The van der Waals surface area contributed by atoms with E-state index in [0.29, 0.717) is 0 Å². The van der Waals surface area contributed by atoms with Crippen LogP contribution in [-0.4, -0.2) is 41.1 Å². The number of hydrogen-bond acceptors (Lipinski definition) is 4. The lowest BCUT2D eigenvalue weighted by atomic mass is 9.99. The molecule has 0 spiro atoms. The van der Waals surface area contributed by atoms with Crippen LogP contribution < -0.4 is 5.32 Å². The lowest BCUT2D eigenvalue weighted by molar-refractivity contribution is 0.0766. The van der Waals surface area contributed by atoms with E-state index in [9.17, 15) is 5.11 Å². The first-order valence-electron chi connectivity index (χ1n) is 8.48. The maximum atomic E-state index is 10.00. The molecular formula is C20H26N2OS. The Bertz CT molecular complexity index is 622. The van der Waals surface area contributed by atoms with E-state index in [1.807, 2.05) is 30.0 Å². The lowest BCUT2D eigenvalue weighted by Gasteiger charge is -2.39. The first kappa shape index (κ1) is 17.5. The molecule has 0 bridgehead atoms. The normalized spacial score (nSPS) is 22.6. The van der Waals surface area contributed by atoms with Crippen molar-refractivity contribution in [2.45, 2.75) is 24.3 Å². The first-order valence-corrected chi connectivity index (χ1v) is 9.63. The largest absolute Gasteiger partial charge is 0.394 e. The molecular weight excluding hydrogens is 316 g/mol. The Morgan fingerprint density at radius 1 is 1.12 bits per heavy atom. The third kappa shape index (κ3) is 4.01. The average molecular weight is 343 g/mol. The van der Waals surface area contributed by atoms with Crippen molar-refractivity contribution in [3.8, 4) is 0 Å². The second-order valence-corrected chi connectivity index (χ2v) is 7.62. The van der Waals surface area contributed by atoms with E-state index in [4.69, 9.17) is 0 Å². The lowest BCUT2D eigenvalue weighted by Crippen LogP contribution is -2.48. The van der Waals surface area contributed by atoms with Gasteiger partial charge in [-0.3, -0.25) is 4.90 Å². The van der Waals surface area contributed by atoms with Gasteiger partial charge in [0.25, 0.3) is 0 Å². The molecule has 2 aromatic rings. The number of aliphatic hydroxyl groups excluding tert-OH is 1. The molecule has 3 nitrogen and oxygen atoms in total. The molecule has 2 N–H and O–H groups in total. The fourth-order valence-corrected chi connectivity index (χ4v) is 4.62. The number of aliphatic hydroxyl groups is 1. The summed E-state index contributed by atoms with van der Waals surface area (Å²) in [5.74, 6) is 2.07. The van der Waals surface area contributed by atoms with E-state index in [-0.39, 0.29) is 18.2 Å². The number of benzene rings is 2. The van der Waals surface area contributed by atoms with Crippen molar-refractivity contribution in [3.05, 3.63) is 71.8 Å². The van der Waals surface area contributed by atoms with Gasteiger partial charge in [-0.15, -0.1) is 0 Å². The monoisotopic (exact) mass is 342 g/mol. The van der Waals surface area contributed by atoms with Crippen molar-refractivity contribution in [1.82, 2.24) is 10.2 Å². The molecule has 1 aliphatic heterocycles. The van der Waals surface area contributed by atoms with Crippen LogP contribution in [0.25, 0.3) is 0 Å². The first-order chi connectivity index (χ1) is 11.7. The topological polar surface area (TPSA) is 35.5 Å². The van der Waals surface area contributed by atoms with E-state index in [0.717, 1.165) is 24.7 Å². The van der Waals surface area contributed by atoms with Crippen LogP contribution >= 0.6 is 11.8 Å². The number of hydrogen-bond donors (Lipinski definition) is 2. The molecule has 0 unspecified atom stereocenters. The highest BCUT2D eigenvalue weighted by Gasteiger charge is 2.40. The summed E-state index contributed by atoms with van der Waals surface area (Å²) in [5, 5.41) is 13.5. The van der Waals surface area contributed by atoms with E-state index in [2.05, 4.69) is 59.6 Å². The van der Waals surface area contributed by atoms with Crippen molar-refractivity contribution in [1.29, 1.82) is 0 Å². The molecule has 2 atom stereocenters. The maximum Gasteiger partial charge on any atom is 0.0629 e. The minimum absolute atomic E-state index is 0.0443. The van der Waals surface area contributed by atoms with Crippen LogP contribution in [0.2, 0.25) is 0 Å². The maximum absolute atomic E-state index is 10.00. The van der Waals surface area contributed by atoms with Crippen molar-refractivity contribution < 1.29 is 5.11 Å². The third-order valence-corrected chi connectivity index (χ3v) is 6.10. The predicted octanol–water partition coefficient (Wildman–Crippen LogP) is 3.27. The molecule has 128 valence electrons. The van der Waals surface area contributed by atoms with Crippen LogP contribution in [0.4, 0.5) is 0 Å². The van der Waals surface area contributed by atoms with E-state index >= 15 is 0 Å². The molecule has 0 aliphatic carbocycles. The number of nitrogens with one attached hydrogen (secondary N) is 1. The summed E-state index contributed by atoms with van der Waals surface area (Å²) in [6.07, 6.45) is 0. The van der Waals surface area contributed by atoms with Gasteiger partial charge in [0, 0.05) is 30.3 Å². The molecule has 2 aromatic carbocycles. The van der Waals surface area contributed by atoms with Gasteiger partial charge in [0.1, 0.15) is 0 Å². The summed E-state index contributed by atoms with van der Waals surface area (Å²) in [4.78, 5) is 2.42. The number of rotatable bonds is 7. The highest BCUT2D eigenvalue weighted by atomic mass is 32.2. The molecule has 1 heterocycles. The summed E-state index contributed by atoms with van der Waals surface area (Å²) in [6, 6.07) is 21.0. The molecule has 3 rings (SSSR count). The van der Waals surface area contributed by atoms with Crippen molar-refractivity contribution >= 4 is 11.8 Å². The molecule has 1 saturated heterocycles. The zero-order valence-corrected chi connectivity index (χ0v) is 15.0. The van der Waals surface area contributed by atoms with E-state index in [1.54, 1.807) is 0 Å². The van der Waals surface area contributed by atoms with Crippen molar-refractivity contribution in [2.24, 2.45) is 0 Å². The van der Waals surface area contributed by atoms with Crippen LogP contribution in [0.3, 0.4) is 0 Å². The van der Waals surface area contributed by atoms with Gasteiger partial charge in [-0.2, -0.15) is 11.8 Å². The smallest absolute Gasteiger partial charge is 0.0629 e. The molecule has 1 fully saturated rings. The molecule has 24 heavy (non-hydrogen) atoms. The van der Waals surface area contributed by atoms with Gasteiger partial charge in [-0.05, 0) is 18.1 Å². The van der Waals surface area contributed by atoms with Crippen LogP contribution in [-0.2, 0) is 5.75 Å². The van der Waals surface area contributed by atoms with E-state index < -0.39 is 0 Å². The third-order valence-electron chi connectivity index (χ3n) is 4.74. The zero-order valence-electron chi connectivity index (χ0n) is 14.2. The molecule has 0 aromatic heterocycles. The second kappa shape index (κ2) is 8.17. The molecule has 0 amide bonds. The number of thioether (sulfide) groups is 1. The predicted molar refractivity (Wildman–Crippen MR) is 102 cm³/mol. The van der Waals surface area contributed by atoms with Gasteiger partial charge in [0.15, 0.2) is 0 Å². The summed E-state index contributed by atoms with van der Waals surface area (Å²) < 4.78 is 0. The summed E-state index contributed by atoms with van der Waals surface area (Å²) in [7, 11) is 0. The zero-order chi connectivity index (χ0) is 16.8. The summed E-state index contributed by atoms with van der Waals surface area (Å²) in [5.41, 5.74) is 2.59. The van der Waals surface area contributed by atoms with Gasteiger partial charge in [0.05, 0.1) is 12.6 Å². The highest BCUT2D eigenvalue weighted by Crippen LogP contribution is 2.33. The standard InChI is InChI=1S/C20H26N2OS/c1-20(15-24-13-17-8-4-2-5-9-17)14-21-16-22(20)19(12-23)18-10-6-3-7-11-18/h2-11,19,21,23H,12-16H2,1H3/t19-,20+/m0/s1. The van der Waals surface area contributed by atoms with Crippen LogP contribution in [0.5, 0.6) is 0 Å². The Balaban J connectivity index is 1.66. The molecule has 0 radical (unpaired) electrons. The van der Waals surface area contributed by atoms with Gasteiger partial charge < -0.3 is 10.4 Å². The summed E-state index contributed by atoms with van der Waals surface area (Å²) >= 11 is 1.97. The highest BCUT2D eigenvalue weighted by molar-refractivity contribution is 7.98. The van der Waals surface area contributed by atoms with Crippen molar-refractivity contribution in [3.63, 3.8) is 0 Å². The van der Waals surface area contributed by atoms with Gasteiger partial charge in [-0.25, -0.2) is 0 Å². The van der Waals surface area contributed by atoms with Gasteiger partial charge in [-0.1, -0.05) is 60.7 Å². The fourth-order valence-electron chi connectivity index (χ4n) is 3.38. The Labute approximate surface area is 149 Å². The minimum Gasteiger partial charge on any atom is -0.394 e. The van der Waals surface area contributed by atoms with Gasteiger partial charge >= 0.3 is 0 Å².